The Morgan fingerprint density at radius 1 is 1.36 bits per heavy atom. The van der Waals surface area contributed by atoms with Crippen LogP contribution >= 0.6 is 0 Å². The lowest BCUT2D eigenvalue weighted by Crippen LogP contribution is -2.31. The van der Waals surface area contributed by atoms with Crippen molar-refractivity contribution in [2.75, 3.05) is 6.54 Å². The minimum absolute atomic E-state index is 0.0365. The van der Waals surface area contributed by atoms with Crippen molar-refractivity contribution in [1.29, 1.82) is 0 Å². The molecule has 2 amide bonds. The fraction of sp³-hybridized carbons (Fsp3) is 0.471. The van der Waals surface area contributed by atoms with Crippen molar-refractivity contribution in [1.82, 2.24) is 24.6 Å². The lowest BCUT2D eigenvalue weighted by atomic mass is 10.1. The molecule has 1 saturated heterocycles. The van der Waals surface area contributed by atoms with Gasteiger partial charge in [0.05, 0.1) is 23.5 Å². The minimum atomic E-state index is -0.355. The van der Waals surface area contributed by atoms with Gasteiger partial charge in [-0.25, -0.2) is 9.97 Å². The highest BCUT2D eigenvalue weighted by Crippen LogP contribution is 2.32. The van der Waals surface area contributed by atoms with Gasteiger partial charge in [0.2, 0.25) is 5.91 Å². The summed E-state index contributed by atoms with van der Waals surface area (Å²) in [6, 6.07) is 1.80. The lowest BCUT2D eigenvalue weighted by molar-refractivity contribution is -0.118. The molecule has 1 aliphatic heterocycles. The molecule has 8 heteroatoms. The van der Waals surface area contributed by atoms with E-state index in [1.807, 2.05) is 17.9 Å². The maximum atomic E-state index is 12.8. The SMILES string of the molecule is Cc1nc(CCC(N)=O)cc([C@H]2CCCN2C(=O)c2cnn(C)c2)n1. The first kappa shape index (κ1) is 17.1. The lowest BCUT2D eigenvalue weighted by Gasteiger charge is -2.24. The largest absolute Gasteiger partial charge is 0.370 e. The Kier molecular flexibility index (Phi) is 4.78. The number of nitrogens with zero attached hydrogens (tertiary/aromatic N) is 5. The summed E-state index contributed by atoms with van der Waals surface area (Å²) in [5, 5.41) is 4.08. The number of aromatic nitrogens is 4. The van der Waals surface area contributed by atoms with Gasteiger partial charge in [-0.2, -0.15) is 5.10 Å². The number of nitrogens with two attached hydrogens (primary N) is 1. The summed E-state index contributed by atoms with van der Waals surface area (Å²) >= 11 is 0. The molecule has 3 rings (SSSR count). The van der Waals surface area contributed by atoms with Crippen molar-refractivity contribution in [3.05, 3.63) is 41.2 Å². The number of rotatable bonds is 5. The van der Waals surface area contributed by atoms with Gasteiger partial charge < -0.3 is 10.6 Å². The summed E-state index contributed by atoms with van der Waals surface area (Å²) in [7, 11) is 1.79. The Hall–Kier alpha value is -2.77. The van der Waals surface area contributed by atoms with E-state index in [-0.39, 0.29) is 24.3 Å². The molecular weight excluding hydrogens is 320 g/mol. The topological polar surface area (TPSA) is 107 Å². The maximum Gasteiger partial charge on any atom is 0.257 e. The van der Waals surface area contributed by atoms with Gasteiger partial charge in [-0.05, 0) is 32.3 Å². The van der Waals surface area contributed by atoms with E-state index in [0.717, 1.165) is 24.2 Å². The van der Waals surface area contributed by atoms with Crippen LogP contribution in [0, 0.1) is 6.92 Å². The predicted molar refractivity (Wildman–Crippen MR) is 90.5 cm³/mol. The van der Waals surface area contributed by atoms with Crippen LogP contribution in [0.3, 0.4) is 0 Å². The van der Waals surface area contributed by atoms with Crippen molar-refractivity contribution in [3.63, 3.8) is 0 Å². The Labute approximate surface area is 146 Å². The van der Waals surface area contributed by atoms with Gasteiger partial charge in [-0.15, -0.1) is 0 Å². The van der Waals surface area contributed by atoms with E-state index < -0.39 is 0 Å². The highest BCUT2D eigenvalue weighted by molar-refractivity contribution is 5.94. The van der Waals surface area contributed by atoms with Crippen LogP contribution < -0.4 is 5.73 Å². The molecule has 1 fully saturated rings. The molecule has 0 aromatic carbocycles. The molecule has 1 aliphatic rings. The third kappa shape index (κ3) is 3.84. The quantitative estimate of drug-likeness (QED) is 0.869. The van der Waals surface area contributed by atoms with Crippen LogP contribution in [0.2, 0.25) is 0 Å². The van der Waals surface area contributed by atoms with Gasteiger partial charge in [-0.1, -0.05) is 0 Å². The Bertz CT molecular complexity index is 800. The number of hydrogen-bond donors (Lipinski definition) is 1. The van der Waals surface area contributed by atoms with E-state index in [9.17, 15) is 9.59 Å². The van der Waals surface area contributed by atoms with Gasteiger partial charge in [-0.3, -0.25) is 14.3 Å². The first-order chi connectivity index (χ1) is 11.9. The van der Waals surface area contributed by atoms with Crippen LogP contribution in [0.25, 0.3) is 0 Å². The van der Waals surface area contributed by atoms with Gasteiger partial charge in [0.25, 0.3) is 5.91 Å². The molecule has 132 valence electrons. The minimum Gasteiger partial charge on any atom is -0.370 e. The predicted octanol–water partition coefficient (Wildman–Crippen LogP) is 0.914. The fourth-order valence-electron chi connectivity index (χ4n) is 3.22. The smallest absolute Gasteiger partial charge is 0.257 e. The molecule has 1 atom stereocenters. The third-order valence-corrected chi connectivity index (χ3v) is 4.35. The molecule has 2 aromatic heterocycles. The van der Waals surface area contributed by atoms with Crippen molar-refractivity contribution in [2.45, 2.75) is 38.6 Å². The monoisotopic (exact) mass is 342 g/mol. The highest BCUT2D eigenvalue weighted by atomic mass is 16.2. The Morgan fingerprint density at radius 3 is 2.84 bits per heavy atom. The Morgan fingerprint density at radius 2 is 2.16 bits per heavy atom. The van der Waals surface area contributed by atoms with E-state index >= 15 is 0 Å². The summed E-state index contributed by atoms with van der Waals surface area (Å²) in [5.41, 5.74) is 7.40. The number of hydrogen-bond acceptors (Lipinski definition) is 5. The van der Waals surface area contributed by atoms with Crippen molar-refractivity contribution >= 4 is 11.8 Å². The zero-order chi connectivity index (χ0) is 18.0. The fourth-order valence-corrected chi connectivity index (χ4v) is 3.22. The van der Waals surface area contributed by atoms with E-state index in [2.05, 4.69) is 15.1 Å². The Balaban J connectivity index is 1.84. The van der Waals surface area contributed by atoms with E-state index in [4.69, 9.17) is 5.73 Å². The molecule has 2 N–H and O–H groups in total. The molecule has 25 heavy (non-hydrogen) atoms. The molecule has 3 heterocycles. The van der Waals surface area contributed by atoms with Crippen LogP contribution in [-0.2, 0) is 18.3 Å². The first-order valence-corrected chi connectivity index (χ1v) is 8.36. The second-order valence-corrected chi connectivity index (χ2v) is 6.36. The van der Waals surface area contributed by atoms with Crippen LogP contribution in [0.15, 0.2) is 18.5 Å². The highest BCUT2D eigenvalue weighted by Gasteiger charge is 2.32. The average Bonchev–Trinajstić information content (AvgIpc) is 3.20. The molecule has 0 radical (unpaired) electrons. The van der Waals surface area contributed by atoms with E-state index in [1.165, 1.54) is 0 Å². The van der Waals surface area contributed by atoms with Gasteiger partial charge >= 0.3 is 0 Å². The van der Waals surface area contributed by atoms with Gasteiger partial charge in [0.15, 0.2) is 0 Å². The second kappa shape index (κ2) is 7.00. The zero-order valence-corrected chi connectivity index (χ0v) is 14.5. The van der Waals surface area contributed by atoms with Crippen LogP contribution in [-0.4, -0.2) is 43.0 Å². The third-order valence-electron chi connectivity index (χ3n) is 4.35. The van der Waals surface area contributed by atoms with Crippen LogP contribution in [0.5, 0.6) is 0 Å². The summed E-state index contributed by atoms with van der Waals surface area (Å²) in [6.45, 7) is 2.51. The molecule has 0 saturated carbocycles. The summed E-state index contributed by atoms with van der Waals surface area (Å²) in [6.07, 6.45) is 5.82. The average molecular weight is 342 g/mol. The second-order valence-electron chi connectivity index (χ2n) is 6.36. The first-order valence-electron chi connectivity index (χ1n) is 8.36. The van der Waals surface area contributed by atoms with Gasteiger partial charge in [0.1, 0.15) is 5.82 Å². The molecule has 0 spiro atoms. The molecule has 0 bridgehead atoms. The van der Waals surface area contributed by atoms with E-state index in [1.54, 1.807) is 24.1 Å². The number of likely N-dealkylation sites (tertiary alicyclic amines) is 1. The summed E-state index contributed by atoms with van der Waals surface area (Å²) < 4.78 is 1.62. The molecule has 0 aliphatic carbocycles. The van der Waals surface area contributed by atoms with Crippen molar-refractivity contribution in [3.8, 4) is 0 Å². The maximum absolute atomic E-state index is 12.8. The molecule has 0 unspecified atom stereocenters. The van der Waals surface area contributed by atoms with Gasteiger partial charge in [0, 0.05) is 31.9 Å². The zero-order valence-electron chi connectivity index (χ0n) is 14.5. The number of carbonyl (C=O) groups is 2. The van der Waals surface area contributed by atoms with E-state index in [0.29, 0.717) is 24.4 Å². The number of carbonyl (C=O) groups excluding carboxylic acids is 2. The number of aryl methyl sites for hydroxylation is 3. The molecular formula is C17H22N6O2. The summed E-state index contributed by atoms with van der Waals surface area (Å²) in [5.74, 6) is 0.246. The number of primary amides is 1. The molecule has 8 nitrogen and oxygen atoms in total. The van der Waals surface area contributed by atoms with Crippen LogP contribution in [0.4, 0.5) is 0 Å². The standard InChI is InChI=1S/C17H22N6O2/c1-11-20-13(5-6-16(18)24)8-14(21-11)15-4-3-7-23(15)17(25)12-9-19-22(2)10-12/h8-10,15H,3-7H2,1-2H3,(H2,18,24)/t15-/m1/s1. The van der Waals surface area contributed by atoms with Crippen LogP contribution in [0.1, 0.15) is 52.9 Å². The summed E-state index contributed by atoms with van der Waals surface area (Å²) in [4.78, 5) is 34.6. The normalized spacial score (nSPS) is 17.0. The number of amides is 2. The van der Waals surface area contributed by atoms with Crippen molar-refractivity contribution < 1.29 is 9.59 Å². The molecule has 2 aromatic rings. The van der Waals surface area contributed by atoms with Crippen molar-refractivity contribution in [2.24, 2.45) is 12.8 Å².